The fourth-order valence-electron chi connectivity index (χ4n) is 2.69. The zero-order chi connectivity index (χ0) is 18.7. The lowest BCUT2D eigenvalue weighted by Crippen LogP contribution is -2.27. The number of sulfonamides is 1. The van der Waals surface area contributed by atoms with Gasteiger partial charge in [0.15, 0.2) is 5.76 Å². The summed E-state index contributed by atoms with van der Waals surface area (Å²) in [5.74, 6) is -1.83. The Hall–Kier alpha value is -2.65. The van der Waals surface area contributed by atoms with E-state index in [0.29, 0.717) is 18.7 Å². The number of hydrogen-bond donors (Lipinski definition) is 2. The van der Waals surface area contributed by atoms with Crippen LogP contribution in [0.5, 0.6) is 0 Å². The number of carbonyl (C=O) groups is 2. The summed E-state index contributed by atoms with van der Waals surface area (Å²) in [7, 11) is -3.46. The number of rotatable bonds is 6. The molecule has 1 aromatic carbocycles. The lowest BCUT2D eigenvalue weighted by molar-refractivity contribution is 0.0695. The van der Waals surface area contributed by atoms with Crippen molar-refractivity contribution in [2.75, 3.05) is 13.1 Å². The van der Waals surface area contributed by atoms with Crippen LogP contribution in [0.3, 0.4) is 0 Å². The van der Waals surface area contributed by atoms with Crippen molar-refractivity contribution in [3.05, 3.63) is 53.5 Å². The molecule has 138 valence electrons. The van der Waals surface area contributed by atoms with Gasteiger partial charge in [-0.2, -0.15) is 4.31 Å². The normalized spacial score (nSPS) is 15.1. The summed E-state index contributed by atoms with van der Waals surface area (Å²) in [5.41, 5.74) is 0.607. The summed E-state index contributed by atoms with van der Waals surface area (Å²) < 4.78 is 31.3. The van der Waals surface area contributed by atoms with E-state index in [1.807, 2.05) is 0 Å². The number of nitrogens with one attached hydrogen (secondary N) is 1. The molecular formula is C17H18N2O6S. The van der Waals surface area contributed by atoms with Crippen LogP contribution in [0.4, 0.5) is 0 Å². The highest BCUT2D eigenvalue weighted by Gasteiger charge is 2.26. The highest BCUT2D eigenvalue weighted by molar-refractivity contribution is 7.89. The van der Waals surface area contributed by atoms with E-state index < -0.39 is 21.9 Å². The summed E-state index contributed by atoms with van der Waals surface area (Å²) in [4.78, 5) is 23.0. The number of benzene rings is 1. The smallest absolute Gasteiger partial charge is 0.338 e. The second kappa shape index (κ2) is 7.30. The minimum absolute atomic E-state index is 0.101. The molecule has 9 heteroatoms. The van der Waals surface area contributed by atoms with Crippen LogP contribution in [0.1, 0.15) is 39.3 Å². The van der Waals surface area contributed by atoms with E-state index in [0.717, 1.165) is 25.2 Å². The van der Waals surface area contributed by atoms with Gasteiger partial charge in [0.2, 0.25) is 10.0 Å². The SMILES string of the molecule is O=C(O)c1coc(C(=O)NCc2ccc(S(=O)(=O)N3CCCC3)cc2)c1. The summed E-state index contributed by atoms with van der Waals surface area (Å²) in [6.45, 7) is 1.25. The number of furan rings is 1. The number of amides is 1. The second-order valence-corrected chi connectivity index (χ2v) is 7.88. The van der Waals surface area contributed by atoms with E-state index in [1.54, 1.807) is 12.1 Å². The van der Waals surface area contributed by atoms with Gasteiger partial charge in [0.1, 0.15) is 6.26 Å². The third-order valence-corrected chi connectivity index (χ3v) is 6.06. The largest absolute Gasteiger partial charge is 0.478 e. The third-order valence-electron chi connectivity index (χ3n) is 4.15. The van der Waals surface area contributed by atoms with Gasteiger partial charge in [0.05, 0.1) is 10.5 Å². The van der Waals surface area contributed by atoms with E-state index in [1.165, 1.54) is 16.4 Å². The molecule has 0 saturated carbocycles. The standard InChI is InChI=1S/C17H18N2O6S/c20-16(15-9-13(11-25-15)17(21)22)18-10-12-3-5-14(6-4-12)26(23,24)19-7-1-2-8-19/h3-6,9,11H,1-2,7-8,10H2,(H,18,20)(H,21,22). The van der Waals surface area contributed by atoms with Crippen molar-refractivity contribution in [2.24, 2.45) is 0 Å². The molecule has 0 bridgehead atoms. The van der Waals surface area contributed by atoms with Gasteiger partial charge in [0, 0.05) is 25.7 Å². The molecule has 3 rings (SSSR count). The van der Waals surface area contributed by atoms with E-state index in [9.17, 15) is 18.0 Å². The van der Waals surface area contributed by atoms with Crippen LogP contribution >= 0.6 is 0 Å². The first-order valence-corrected chi connectivity index (χ1v) is 9.51. The van der Waals surface area contributed by atoms with Gasteiger partial charge < -0.3 is 14.8 Å². The van der Waals surface area contributed by atoms with Gasteiger partial charge in [-0.15, -0.1) is 0 Å². The minimum Gasteiger partial charge on any atom is -0.478 e. The molecular weight excluding hydrogens is 360 g/mol. The number of carboxylic acid groups (broad SMARTS) is 1. The number of hydrogen-bond acceptors (Lipinski definition) is 5. The Morgan fingerprint density at radius 1 is 1.15 bits per heavy atom. The van der Waals surface area contributed by atoms with E-state index in [4.69, 9.17) is 9.52 Å². The predicted molar refractivity (Wildman–Crippen MR) is 91.3 cm³/mol. The van der Waals surface area contributed by atoms with Crippen molar-refractivity contribution in [3.8, 4) is 0 Å². The molecule has 0 spiro atoms. The molecule has 0 unspecified atom stereocenters. The van der Waals surface area contributed by atoms with Crippen LogP contribution in [-0.2, 0) is 16.6 Å². The van der Waals surface area contributed by atoms with E-state index in [-0.39, 0.29) is 22.8 Å². The second-order valence-electron chi connectivity index (χ2n) is 5.94. The number of carbonyl (C=O) groups excluding carboxylic acids is 1. The molecule has 1 saturated heterocycles. The van der Waals surface area contributed by atoms with Crippen LogP contribution < -0.4 is 5.32 Å². The average molecular weight is 378 g/mol. The number of nitrogens with zero attached hydrogens (tertiary/aromatic N) is 1. The van der Waals surface area contributed by atoms with Gasteiger partial charge in [-0.1, -0.05) is 12.1 Å². The maximum atomic E-state index is 12.5. The Labute approximate surface area is 150 Å². The van der Waals surface area contributed by atoms with Gasteiger partial charge in [-0.25, -0.2) is 13.2 Å². The van der Waals surface area contributed by atoms with Crippen molar-refractivity contribution < 1.29 is 27.5 Å². The van der Waals surface area contributed by atoms with Crippen molar-refractivity contribution >= 4 is 21.9 Å². The molecule has 1 aliphatic rings. The Morgan fingerprint density at radius 2 is 1.81 bits per heavy atom. The lowest BCUT2D eigenvalue weighted by Gasteiger charge is -2.15. The zero-order valence-electron chi connectivity index (χ0n) is 13.8. The fourth-order valence-corrected chi connectivity index (χ4v) is 4.21. The topological polar surface area (TPSA) is 117 Å². The molecule has 2 N–H and O–H groups in total. The van der Waals surface area contributed by atoms with Gasteiger partial charge in [-0.05, 0) is 30.5 Å². The van der Waals surface area contributed by atoms with Crippen LogP contribution in [-0.4, -0.2) is 42.8 Å². The Kier molecular flexibility index (Phi) is 5.10. The van der Waals surface area contributed by atoms with E-state index >= 15 is 0 Å². The van der Waals surface area contributed by atoms with Crippen molar-refractivity contribution in [3.63, 3.8) is 0 Å². The fraction of sp³-hybridized carbons (Fsp3) is 0.294. The molecule has 0 atom stereocenters. The summed E-state index contributed by atoms with van der Waals surface area (Å²) in [5, 5.41) is 11.4. The van der Waals surface area contributed by atoms with Gasteiger partial charge in [0.25, 0.3) is 5.91 Å². The molecule has 1 aromatic heterocycles. The Balaban J connectivity index is 1.62. The Morgan fingerprint density at radius 3 is 2.38 bits per heavy atom. The van der Waals surface area contributed by atoms with Gasteiger partial charge >= 0.3 is 5.97 Å². The first-order valence-electron chi connectivity index (χ1n) is 8.07. The molecule has 2 heterocycles. The number of carboxylic acids is 1. The first kappa shape index (κ1) is 18.2. The zero-order valence-corrected chi connectivity index (χ0v) is 14.7. The lowest BCUT2D eigenvalue weighted by atomic mass is 10.2. The quantitative estimate of drug-likeness (QED) is 0.790. The monoisotopic (exact) mass is 378 g/mol. The van der Waals surface area contributed by atoms with Crippen LogP contribution in [0, 0.1) is 0 Å². The highest BCUT2D eigenvalue weighted by atomic mass is 32.2. The van der Waals surface area contributed by atoms with Crippen LogP contribution in [0.25, 0.3) is 0 Å². The molecule has 1 fully saturated rings. The predicted octanol–water partition coefficient (Wildman–Crippen LogP) is 1.69. The average Bonchev–Trinajstić information content (AvgIpc) is 3.31. The molecule has 1 amide bonds. The maximum absolute atomic E-state index is 12.5. The Bertz CT molecular complexity index is 911. The van der Waals surface area contributed by atoms with Crippen LogP contribution in [0.15, 0.2) is 45.9 Å². The highest BCUT2D eigenvalue weighted by Crippen LogP contribution is 2.21. The molecule has 2 aromatic rings. The maximum Gasteiger partial charge on any atom is 0.338 e. The van der Waals surface area contributed by atoms with Crippen molar-refractivity contribution in [1.29, 1.82) is 0 Å². The van der Waals surface area contributed by atoms with E-state index in [2.05, 4.69) is 5.32 Å². The number of aromatic carboxylic acids is 1. The third kappa shape index (κ3) is 3.78. The minimum atomic E-state index is -3.46. The summed E-state index contributed by atoms with van der Waals surface area (Å²) in [6, 6.07) is 7.45. The van der Waals surface area contributed by atoms with Crippen molar-refractivity contribution in [1.82, 2.24) is 9.62 Å². The van der Waals surface area contributed by atoms with Crippen molar-refractivity contribution in [2.45, 2.75) is 24.3 Å². The molecule has 0 aliphatic carbocycles. The molecule has 1 aliphatic heterocycles. The summed E-state index contributed by atoms with van der Waals surface area (Å²) >= 11 is 0. The molecule has 8 nitrogen and oxygen atoms in total. The first-order chi connectivity index (χ1) is 12.4. The molecule has 26 heavy (non-hydrogen) atoms. The van der Waals surface area contributed by atoms with Crippen LogP contribution in [0.2, 0.25) is 0 Å². The molecule has 0 radical (unpaired) electrons. The summed E-state index contributed by atoms with van der Waals surface area (Å²) in [6.07, 6.45) is 2.74. The van der Waals surface area contributed by atoms with Gasteiger partial charge in [-0.3, -0.25) is 4.79 Å².